The van der Waals surface area contributed by atoms with Gasteiger partial charge in [-0.05, 0) is 25.3 Å². The Bertz CT molecular complexity index is 334. The molecule has 1 rings (SSSR count). The SMILES string of the molecule is CC(=O)CCc1nccc(CC(C)C)n1. The Balaban J connectivity index is 2.61. The molecule has 0 aliphatic heterocycles. The van der Waals surface area contributed by atoms with Crippen LogP contribution in [0.25, 0.3) is 0 Å². The summed E-state index contributed by atoms with van der Waals surface area (Å²) in [5.41, 5.74) is 1.07. The lowest BCUT2D eigenvalue weighted by Gasteiger charge is -2.05. The molecule has 0 amide bonds. The van der Waals surface area contributed by atoms with Gasteiger partial charge in [0, 0.05) is 24.7 Å². The third-order valence-corrected chi connectivity index (χ3v) is 2.08. The molecule has 0 bridgehead atoms. The van der Waals surface area contributed by atoms with Crippen LogP contribution in [0, 0.1) is 5.92 Å². The Morgan fingerprint density at radius 1 is 1.47 bits per heavy atom. The third-order valence-electron chi connectivity index (χ3n) is 2.08. The lowest BCUT2D eigenvalue weighted by Crippen LogP contribution is -2.04. The molecule has 1 aromatic rings. The molecule has 82 valence electrons. The minimum absolute atomic E-state index is 0.188. The maximum absolute atomic E-state index is 10.8. The summed E-state index contributed by atoms with van der Waals surface area (Å²) in [4.78, 5) is 19.4. The fourth-order valence-corrected chi connectivity index (χ4v) is 1.38. The lowest BCUT2D eigenvalue weighted by molar-refractivity contribution is -0.117. The van der Waals surface area contributed by atoms with E-state index in [1.807, 2.05) is 6.07 Å². The molecule has 3 heteroatoms. The molecule has 0 aromatic carbocycles. The summed E-state index contributed by atoms with van der Waals surface area (Å²) in [5, 5.41) is 0. The van der Waals surface area contributed by atoms with Gasteiger partial charge in [-0.3, -0.25) is 0 Å². The van der Waals surface area contributed by atoms with Gasteiger partial charge in [0.05, 0.1) is 0 Å². The van der Waals surface area contributed by atoms with E-state index in [0.29, 0.717) is 18.8 Å². The zero-order valence-corrected chi connectivity index (χ0v) is 9.66. The Kier molecular flexibility index (Phi) is 4.40. The minimum Gasteiger partial charge on any atom is -0.300 e. The normalized spacial score (nSPS) is 10.7. The van der Waals surface area contributed by atoms with Crippen molar-refractivity contribution in [2.45, 2.75) is 40.0 Å². The van der Waals surface area contributed by atoms with Crippen LogP contribution in [0.1, 0.15) is 38.7 Å². The molecule has 0 N–H and O–H groups in total. The standard InChI is InChI=1S/C12H18N2O/c1-9(2)8-11-6-7-13-12(14-11)5-4-10(3)15/h6-7,9H,4-5,8H2,1-3H3. The first kappa shape index (κ1) is 11.8. The number of aromatic nitrogens is 2. The van der Waals surface area contributed by atoms with Crippen LogP contribution in [0.5, 0.6) is 0 Å². The van der Waals surface area contributed by atoms with Gasteiger partial charge >= 0.3 is 0 Å². The van der Waals surface area contributed by atoms with Gasteiger partial charge in [0.1, 0.15) is 11.6 Å². The summed E-state index contributed by atoms with van der Waals surface area (Å²) in [6.07, 6.45) is 3.93. The van der Waals surface area contributed by atoms with Crippen molar-refractivity contribution in [3.8, 4) is 0 Å². The van der Waals surface area contributed by atoms with Crippen LogP contribution < -0.4 is 0 Å². The summed E-state index contributed by atoms with van der Waals surface area (Å²) in [7, 11) is 0. The number of carbonyl (C=O) groups is 1. The molecule has 3 nitrogen and oxygen atoms in total. The molecule has 0 saturated heterocycles. The number of hydrogen-bond donors (Lipinski definition) is 0. The molecular weight excluding hydrogens is 188 g/mol. The van der Waals surface area contributed by atoms with Crippen molar-refractivity contribution < 1.29 is 4.79 Å². The predicted molar refractivity (Wildman–Crippen MR) is 59.6 cm³/mol. The number of aryl methyl sites for hydroxylation is 1. The van der Waals surface area contributed by atoms with E-state index in [2.05, 4.69) is 23.8 Å². The molecule has 0 unspecified atom stereocenters. The number of rotatable bonds is 5. The van der Waals surface area contributed by atoms with Gasteiger partial charge in [0.2, 0.25) is 0 Å². The second kappa shape index (κ2) is 5.59. The van der Waals surface area contributed by atoms with Gasteiger partial charge in [0.15, 0.2) is 0 Å². The second-order valence-corrected chi connectivity index (χ2v) is 4.26. The average Bonchev–Trinajstić information content (AvgIpc) is 2.14. The maximum atomic E-state index is 10.8. The van der Waals surface area contributed by atoms with Crippen LogP contribution in [-0.4, -0.2) is 15.8 Å². The second-order valence-electron chi connectivity index (χ2n) is 4.26. The molecule has 1 aromatic heterocycles. The van der Waals surface area contributed by atoms with Gasteiger partial charge in [-0.2, -0.15) is 0 Å². The highest BCUT2D eigenvalue weighted by atomic mass is 16.1. The van der Waals surface area contributed by atoms with Gasteiger partial charge in [-0.25, -0.2) is 9.97 Å². The van der Waals surface area contributed by atoms with E-state index >= 15 is 0 Å². The van der Waals surface area contributed by atoms with Gasteiger partial charge in [-0.15, -0.1) is 0 Å². The zero-order chi connectivity index (χ0) is 11.3. The van der Waals surface area contributed by atoms with Crippen LogP contribution in [0.15, 0.2) is 12.3 Å². The van der Waals surface area contributed by atoms with Crippen LogP contribution in [0.3, 0.4) is 0 Å². The molecule has 0 aliphatic rings. The fraction of sp³-hybridized carbons (Fsp3) is 0.583. The van der Waals surface area contributed by atoms with Crippen LogP contribution in [0.4, 0.5) is 0 Å². The summed E-state index contributed by atoms with van der Waals surface area (Å²) >= 11 is 0. The smallest absolute Gasteiger partial charge is 0.130 e. The molecule has 0 spiro atoms. The topological polar surface area (TPSA) is 42.9 Å². The monoisotopic (exact) mass is 206 g/mol. The minimum atomic E-state index is 0.188. The number of ketones is 1. The summed E-state index contributed by atoms with van der Waals surface area (Å²) in [6, 6.07) is 1.94. The molecular formula is C12H18N2O. The lowest BCUT2D eigenvalue weighted by atomic mass is 10.1. The van der Waals surface area contributed by atoms with Crippen LogP contribution in [0.2, 0.25) is 0 Å². The first-order chi connectivity index (χ1) is 7.08. The zero-order valence-electron chi connectivity index (χ0n) is 9.66. The third kappa shape index (κ3) is 4.68. The van der Waals surface area contributed by atoms with E-state index in [4.69, 9.17) is 0 Å². The van der Waals surface area contributed by atoms with Gasteiger partial charge in [-0.1, -0.05) is 13.8 Å². The van der Waals surface area contributed by atoms with Crippen LogP contribution >= 0.6 is 0 Å². The number of nitrogens with zero attached hydrogens (tertiary/aromatic N) is 2. The van der Waals surface area contributed by atoms with Crippen molar-refractivity contribution in [1.82, 2.24) is 9.97 Å². The van der Waals surface area contributed by atoms with Crippen molar-refractivity contribution in [3.63, 3.8) is 0 Å². The molecule has 0 aliphatic carbocycles. The fourth-order valence-electron chi connectivity index (χ4n) is 1.38. The van der Waals surface area contributed by atoms with Crippen molar-refractivity contribution in [1.29, 1.82) is 0 Å². The van der Waals surface area contributed by atoms with Gasteiger partial charge in [0.25, 0.3) is 0 Å². The summed E-state index contributed by atoms with van der Waals surface area (Å²) < 4.78 is 0. The Morgan fingerprint density at radius 3 is 2.80 bits per heavy atom. The van der Waals surface area contributed by atoms with E-state index in [-0.39, 0.29) is 5.78 Å². The van der Waals surface area contributed by atoms with Crippen molar-refractivity contribution in [2.24, 2.45) is 5.92 Å². The number of carbonyl (C=O) groups excluding carboxylic acids is 1. The van der Waals surface area contributed by atoms with Crippen LogP contribution in [-0.2, 0) is 17.6 Å². The van der Waals surface area contributed by atoms with E-state index in [0.717, 1.165) is 17.9 Å². The van der Waals surface area contributed by atoms with Crippen molar-refractivity contribution in [3.05, 3.63) is 23.8 Å². The quantitative estimate of drug-likeness (QED) is 0.741. The highest BCUT2D eigenvalue weighted by Gasteiger charge is 2.03. The number of Topliss-reactive ketones (excluding diaryl/α,β-unsaturated/α-hetero) is 1. The van der Waals surface area contributed by atoms with Crippen molar-refractivity contribution in [2.75, 3.05) is 0 Å². The van der Waals surface area contributed by atoms with E-state index in [9.17, 15) is 4.79 Å². The van der Waals surface area contributed by atoms with E-state index < -0.39 is 0 Å². The Morgan fingerprint density at radius 2 is 2.20 bits per heavy atom. The average molecular weight is 206 g/mol. The predicted octanol–water partition coefficient (Wildman–Crippen LogP) is 2.20. The maximum Gasteiger partial charge on any atom is 0.130 e. The highest BCUT2D eigenvalue weighted by Crippen LogP contribution is 2.05. The van der Waals surface area contributed by atoms with E-state index in [1.165, 1.54) is 0 Å². The molecule has 1 heterocycles. The Labute approximate surface area is 91.0 Å². The first-order valence-corrected chi connectivity index (χ1v) is 5.38. The van der Waals surface area contributed by atoms with Crippen molar-refractivity contribution >= 4 is 5.78 Å². The first-order valence-electron chi connectivity index (χ1n) is 5.38. The molecule has 0 saturated carbocycles. The highest BCUT2D eigenvalue weighted by molar-refractivity contribution is 5.75. The number of hydrogen-bond acceptors (Lipinski definition) is 3. The molecule has 0 radical (unpaired) electrons. The van der Waals surface area contributed by atoms with E-state index in [1.54, 1.807) is 13.1 Å². The largest absolute Gasteiger partial charge is 0.300 e. The molecule has 15 heavy (non-hydrogen) atoms. The molecule has 0 fully saturated rings. The Hall–Kier alpha value is -1.25. The van der Waals surface area contributed by atoms with Gasteiger partial charge < -0.3 is 4.79 Å². The summed E-state index contributed by atoms with van der Waals surface area (Å²) in [5.74, 6) is 1.57. The summed E-state index contributed by atoms with van der Waals surface area (Å²) in [6.45, 7) is 5.92. The molecule has 0 atom stereocenters.